The molecule has 2 aromatic carbocycles. The quantitative estimate of drug-likeness (QED) is 0.282. The minimum atomic E-state index is -0.0745. The second kappa shape index (κ2) is 10.1. The van der Waals surface area contributed by atoms with Crippen LogP contribution >= 0.6 is 11.8 Å². The molecule has 0 amide bonds. The molecule has 0 aliphatic rings. The predicted molar refractivity (Wildman–Crippen MR) is 140 cm³/mol. The smallest absolute Gasteiger partial charge is 0.262 e. The van der Waals surface area contributed by atoms with Crippen LogP contribution in [-0.2, 0) is 19.3 Å². The lowest BCUT2D eigenvalue weighted by molar-refractivity contribution is 0.166. The van der Waals surface area contributed by atoms with E-state index in [9.17, 15) is 9.59 Å². The van der Waals surface area contributed by atoms with Gasteiger partial charge < -0.3 is 0 Å². The third kappa shape index (κ3) is 4.79. The number of rotatable bonds is 8. The van der Waals surface area contributed by atoms with Crippen LogP contribution in [0.4, 0.5) is 0 Å². The molecule has 4 aromatic rings. The molecule has 34 heavy (non-hydrogen) atoms. The standard InChI is InChI=1S/C26H31N5O2S/c1-17(2)30(18(3)4)14-15-31-25(33)20-11-7-9-13-22(20)28-26(31)34-16-23-27-21-12-8-6-10-19(21)24(32)29(23)5/h6-13,17-18H,14-16H2,1-5H3. The van der Waals surface area contributed by atoms with Crippen molar-refractivity contribution < 1.29 is 0 Å². The predicted octanol–water partition coefficient (Wildman–Crippen LogP) is 4.05. The molecule has 4 rings (SSSR count). The molecule has 0 aliphatic heterocycles. The zero-order chi connectivity index (χ0) is 24.4. The summed E-state index contributed by atoms with van der Waals surface area (Å²) in [5.74, 6) is 1.08. The van der Waals surface area contributed by atoms with Gasteiger partial charge in [-0.05, 0) is 52.0 Å². The molecule has 8 heteroatoms. The molecule has 0 unspecified atom stereocenters. The Bertz CT molecular complexity index is 1430. The Balaban J connectivity index is 1.71. The highest BCUT2D eigenvalue weighted by molar-refractivity contribution is 7.98. The number of aromatic nitrogens is 4. The van der Waals surface area contributed by atoms with E-state index in [-0.39, 0.29) is 11.1 Å². The average molecular weight is 478 g/mol. The maximum Gasteiger partial charge on any atom is 0.262 e. The number of nitrogens with zero attached hydrogens (tertiary/aromatic N) is 5. The molecule has 0 spiro atoms. The fourth-order valence-corrected chi connectivity index (χ4v) is 5.31. The minimum absolute atomic E-state index is 0.0408. The second-order valence-corrected chi connectivity index (χ2v) is 9.93. The molecule has 2 aromatic heterocycles. The summed E-state index contributed by atoms with van der Waals surface area (Å²) in [5, 5.41) is 1.85. The van der Waals surface area contributed by atoms with Crippen molar-refractivity contribution in [2.45, 2.75) is 57.2 Å². The first kappa shape index (κ1) is 24.2. The van der Waals surface area contributed by atoms with Gasteiger partial charge in [-0.15, -0.1) is 0 Å². The molecule has 0 fully saturated rings. The molecule has 178 valence electrons. The van der Waals surface area contributed by atoms with Crippen LogP contribution in [0, 0.1) is 0 Å². The minimum Gasteiger partial charge on any atom is -0.299 e. The lowest BCUT2D eigenvalue weighted by Gasteiger charge is -2.30. The van der Waals surface area contributed by atoms with E-state index in [1.807, 2.05) is 42.5 Å². The van der Waals surface area contributed by atoms with Crippen LogP contribution in [0.2, 0.25) is 0 Å². The highest BCUT2D eigenvalue weighted by Gasteiger charge is 2.17. The normalized spacial score (nSPS) is 12.0. The van der Waals surface area contributed by atoms with E-state index >= 15 is 0 Å². The summed E-state index contributed by atoms with van der Waals surface area (Å²) < 4.78 is 3.35. The van der Waals surface area contributed by atoms with Crippen LogP contribution in [0.5, 0.6) is 0 Å². The molecule has 0 saturated carbocycles. The molecule has 0 N–H and O–H groups in total. The van der Waals surface area contributed by atoms with Crippen molar-refractivity contribution in [3.05, 3.63) is 75.1 Å². The zero-order valence-electron chi connectivity index (χ0n) is 20.4. The number of benzene rings is 2. The molecule has 0 radical (unpaired) electrons. The van der Waals surface area contributed by atoms with Gasteiger partial charge in [-0.25, -0.2) is 9.97 Å². The lowest BCUT2D eigenvalue weighted by Crippen LogP contribution is -2.40. The molecule has 0 saturated heterocycles. The largest absolute Gasteiger partial charge is 0.299 e. The van der Waals surface area contributed by atoms with E-state index in [1.54, 1.807) is 22.2 Å². The highest BCUT2D eigenvalue weighted by atomic mass is 32.2. The number of para-hydroxylation sites is 2. The van der Waals surface area contributed by atoms with E-state index in [0.717, 1.165) is 6.54 Å². The van der Waals surface area contributed by atoms with Crippen molar-refractivity contribution in [2.75, 3.05) is 6.54 Å². The fourth-order valence-electron chi connectivity index (χ4n) is 4.31. The highest BCUT2D eigenvalue weighted by Crippen LogP contribution is 2.22. The van der Waals surface area contributed by atoms with Crippen LogP contribution in [0.15, 0.2) is 63.3 Å². The van der Waals surface area contributed by atoms with Gasteiger partial charge in [0, 0.05) is 32.2 Å². The number of hydrogen-bond donors (Lipinski definition) is 0. The first-order valence-electron chi connectivity index (χ1n) is 11.6. The maximum atomic E-state index is 13.4. The van der Waals surface area contributed by atoms with Crippen molar-refractivity contribution >= 4 is 33.6 Å². The summed E-state index contributed by atoms with van der Waals surface area (Å²) >= 11 is 1.44. The van der Waals surface area contributed by atoms with Crippen LogP contribution in [0.1, 0.15) is 33.5 Å². The van der Waals surface area contributed by atoms with Gasteiger partial charge in [0.05, 0.1) is 27.6 Å². The number of thioether (sulfide) groups is 1. The summed E-state index contributed by atoms with van der Waals surface area (Å²) in [6.07, 6.45) is 0. The molecule has 0 atom stereocenters. The lowest BCUT2D eigenvalue weighted by atomic mass is 10.2. The summed E-state index contributed by atoms with van der Waals surface area (Å²) in [5.41, 5.74) is 1.24. The first-order valence-corrected chi connectivity index (χ1v) is 12.6. The summed E-state index contributed by atoms with van der Waals surface area (Å²) in [6.45, 7) is 9.97. The average Bonchev–Trinajstić information content (AvgIpc) is 2.81. The van der Waals surface area contributed by atoms with Crippen LogP contribution in [0.25, 0.3) is 21.8 Å². The van der Waals surface area contributed by atoms with Gasteiger partial charge in [-0.3, -0.25) is 23.6 Å². The topological polar surface area (TPSA) is 73.0 Å². The zero-order valence-corrected chi connectivity index (χ0v) is 21.2. The van der Waals surface area contributed by atoms with Gasteiger partial charge in [-0.1, -0.05) is 36.0 Å². The Morgan fingerprint density at radius 1 is 0.853 bits per heavy atom. The van der Waals surface area contributed by atoms with Gasteiger partial charge >= 0.3 is 0 Å². The monoisotopic (exact) mass is 477 g/mol. The molecule has 0 aliphatic carbocycles. The molecule has 2 heterocycles. The van der Waals surface area contributed by atoms with E-state index < -0.39 is 0 Å². The fraction of sp³-hybridized carbons (Fsp3) is 0.385. The first-order chi connectivity index (χ1) is 16.3. The van der Waals surface area contributed by atoms with E-state index in [1.165, 1.54) is 11.8 Å². The Kier molecular flexibility index (Phi) is 7.19. The third-order valence-electron chi connectivity index (χ3n) is 6.14. The van der Waals surface area contributed by atoms with E-state index in [4.69, 9.17) is 9.97 Å². The van der Waals surface area contributed by atoms with Crippen LogP contribution in [-0.4, -0.2) is 42.6 Å². The van der Waals surface area contributed by atoms with E-state index in [0.29, 0.717) is 57.2 Å². The Morgan fingerprint density at radius 3 is 2.03 bits per heavy atom. The van der Waals surface area contributed by atoms with Crippen molar-refractivity contribution in [1.29, 1.82) is 0 Å². The van der Waals surface area contributed by atoms with Crippen molar-refractivity contribution in [3.63, 3.8) is 0 Å². The SMILES string of the molecule is CC(C)N(CCn1c(SCc2nc3ccccc3c(=O)n2C)nc2ccccc2c1=O)C(C)C. The second-order valence-electron chi connectivity index (χ2n) is 8.99. The number of fused-ring (bicyclic) bond motifs is 2. The van der Waals surface area contributed by atoms with E-state index in [2.05, 4.69) is 32.6 Å². The van der Waals surface area contributed by atoms with Crippen molar-refractivity contribution in [3.8, 4) is 0 Å². The van der Waals surface area contributed by atoms with Gasteiger partial charge in [0.2, 0.25) is 0 Å². The number of hydrogen-bond acceptors (Lipinski definition) is 6. The van der Waals surface area contributed by atoms with Crippen molar-refractivity contribution in [1.82, 2.24) is 24.0 Å². The Morgan fingerprint density at radius 2 is 1.41 bits per heavy atom. The van der Waals surface area contributed by atoms with Gasteiger partial charge in [0.1, 0.15) is 5.82 Å². The van der Waals surface area contributed by atoms with Gasteiger partial charge in [0.15, 0.2) is 5.16 Å². The summed E-state index contributed by atoms with van der Waals surface area (Å²) in [4.78, 5) is 38.1. The molecule has 7 nitrogen and oxygen atoms in total. The maximum absolute atomic E-state index is 13.4. The Labute approximate surface area is 203 Å². The summed E-state index contributed by atoms with van der Waals surface area (Å²) in [7, 11) is 1.74. The molecular weight excluding hydrogens is 446 g/mol. The van der Waals surface area contributed by atoms with Gasteiger partial charge in [0.25, 0.3) is 11.1 Å². The third-order valence-corrected chi connectivity index (χ3v) is 7.11. The van der Waals surface area contributed by atoms with Gasteiger partial charge in [-0.2, -0.15) is 0 Å². The molecule has 0 bridgehead atoms. The summed E-state index contributed by atoms with van der Waals surface area (Å²) in [6, 6.07) is 15.6. The van der Waals surface area contributed by atoms with Crippen LogP contribution < -0.4 is 11.1 Å². The Hall–Kier alpha value is -2.97. The van der Waals surface area contributed by atoms with Crippen molar-refractivity contribution in [2.24, 2.45) is 7.05 Å². The molecular formula is C26H31N5O2S. The van der Waals surface area contributed by atoms with Crippen LogP contribution in [0.3, 0.4) is 0 Å².